The maximum absolute atomic E-state index is 11.6. The smallest absolute Gasteiger partial charge is 0.337 e. The third-order valence-electron chi connectivity index (χ3n) is 4.14. The van der Waals surface area contributed by atoms with Crippen LogP contribution in [0, 0.1) is 0 Å². The molecule has 3 aromatic carbocycles. The van der Waals surface area contributed by atoms with E-state index in [2.05, 4.69) is 52.5 Å². The van der Waals surface area contributed by atoms with E-state index in [1.807, 2.05) is 42.5 Å². The van der Waals surface area contributed by atoms with Crippen molar-refractivity contribution in [3.8, 4) is 5.75 Å². The van der Waals surface area contributed by atoms with Crippen molar-refractivity contribution in [2.45, 2.75) is 25.5 Å². The lowest BCUT2D eigenvalue weighted by molar-refractivity contribution is 0.0591. The summed E-state index contributed by atoms with van der Waals surface area (Å²) >= 11 is 11.6. The monoisotopic (exact) mass is 690 g/mol. The van der Waals surface area contributed by atoms with Crippen LogP contribution in [-0.2, 0) is 15.2 Å². The quantitative estimate of drug-likeness (QED) is 0.190. The molecule has 5 nitrogen and oxygen atoms in total. The van der Waals surface area contributed by atoms with Crippen LogP contribution >= 0.6 is 59.6 Å². The van der Waals surface area contributed by atoms with Gasteiger partial charge in [0.1, 0.15) is 5.75 Å². The molecule has 0 aliphatic rings. The number of rotatable bonds is 6. The molecular formula is C26H29Br3O5S. The summed E-state index contributed by atoms with van der Waals surface area (Å²) in [6.07, 6.45) is 0. The van der Waals surface area contributed by atoms with Crippen molar-refractivity contribution in [3.05, 3.63) is 90.8 Å². The number of carbonyl (C=O) groups is 2. The van der Waals surface area contributed by atoms with Gasteiger partial charge in [0.15, 0.2) is 0 Å². The number of hydrogen-bond donors (Lipinski definition) is 0. The molecule has 0 bridgehead atoms. The molecule has 0 spiro atoms. The number of esters is 2. The Kier molecular flexibility index (Phi) is 15.9. The van der Waals surface area contributed by atoms with E-state index in [4.69, 9.17) is 9.47 Å². The third kappa shape index (κ3) is 11.2. The van der Waals surface area contributed by atoms with Gasteiger partial charge in [-0.2, -0.15) is 0 Å². The highest BCUT2D eigenvalue weighted by Crippen LogP contribution is 2.28. The molecule has 0 aliphatic heterocycles. The van der Waals surface area contributed by atoms with Gasteiger partial charge in [0, 0.05) is 24.1 Å². The minimum absolute atomic E-state index is 0. The number of hydrogen-bond acceptors (Lipinski definition) is 6. The molecule has 0 aliphatic carbocycles. The van der Waals surface area contributed by atoms with Crippen molar-refractivity contribution >= 4 is 71.5 Å². The van der Waals surface area contributed by atoms with Crippen LogP contribution < -0.4 is 4.74 Å². The maximum atomic E-state index is 11.6. The minimum atomic E-state index is -0.336. The molecular weight excluding hydrogens is 664 g/mol. The van der Waals surface area contributed by atoms with Gasteiger partial charge >= 0.3 is 11.9 Å². The molecule has 0 atom stereocenters. The lowest BCUT2D eigenvalue weighted by Crippen LogP contribution is -2.01. The second kappa shape index (κ2) is 16.8. The van der Waals surface area contributed by atoms with Crippen LogP contribution in [0.5, 0.6) is 5.75 Å². The molecule has 0 saturated carbocycles. The number of carbonyl (C=O) groups excluding carboxylic acids is 2. The highest BCUT2D eigenvalue weighted by Gasteiger charge is 2.09. The van der Waals surface area contributed by atoms with E-state index < -0.39 is 0 Å². The minimum Gasteiger partial charge on any atom is -0.497 e. The summed E-state index contributed by atoms with van der Waals surface area (Å²) in [6.45, 7) is 0. The summed E-state index contributed by atoms with van der Waals surface area (Å²) in [6, 6.07) is 18.8. The summed E-state index contributed by atoms with van der Waals surface area (Å²) in [7, 11) is 4.39. The molecule has 0 radical (unpaired) electrons. The van der Waals surface area contributed by atoms with Crippen LogP contribution in [0.25, 0.3) is 0 Å². The van der Waals surface area contributed by atoms with Crippen molar-refractivity contribution in [1.29, 1.82) is 0 Å². The summed E-state index contributed by atoms with van der Waals surface area (Å²) in [4.78, 5) is 23.7. The lowest BCUT2D eigenvalue weighted by Gasteiger charge is -2.06. The van der Waals surface area contributed by atoms with Gasteiger partial charge in [-0.1, -0.05) is 74.8 Å². The molecule has 0 aromatic heterocycles. The molecule has 35 heavy (non-hydrogen) atoms. The van der Waals surface area contributed by atoms with Crippen molar-refractivity contribution in [2.24, 2.45) is 0 Å². The second-order valence-electron chi connectivity index (χ2n) is 6.45. The average molecular weight is 693 g/mol. The second-order valence-corrected chi connectivity index (χ2v) is 10.2. The molecule has 9 heteroatoms. The van der Waals surface area contributed by atoms with Crippen LogP contribution in [0.2, 0.25) is 0 Å². The lowest BCUT2D eigenvalue weighted by atomic mass is 10.2. The Morgan fingerprint density at radius 3 is 1.63 bits per heavy atom. The van der Waals surface area contributed by atoms with Gasteiger partial charge in [-0.05, 0) is 54.1 Å². The molecule has 0 unspecified atom stereocenters. The fourth-order valence-corrected chi connectivity index (χ4v) is 5.44. The molecule has 0 saturated heterocycles. The van der Waals surface area contributed by atoms with Gasteiger partial charge in [0.05, 0.1) is 32.5 Å². The molecule has 3 aromatic rings. The first kappa shape index (κ1) is 33.2. The standard InChI is InChI=1S/C16H15BrO3S.C8H6Br2O2.2CH4/c1-19-14-5-3-11(4-6-14)10-21-15-8-12(16(18)20-2)7-13(17)9-15;1-12-8(11)5-2-6(9)4-7(10)3-5;;/h3-9H,10H2,1-2H3;2-4H,1H3;2*1H4. The van der Waals surface area contributed by atoms with Crippen LogP contribution in [0.3, 0.4) is 0 Å². The first-order chi connectivity index (χ1) is 15.7. The predicted octanol–water partition coefficient (Wildman–Crippen LogP) is 8.81. The zero-order chi connectivity index (χ0) is 24.4. The number of benzene rings is 3. The number of ether oxygens (including phenoxy) is 3. The van der Waals surface area contributed by atoms with E-state index in [0.717, 1.165) is 29.8 Å². The number of halogens is 3. The highest BCUT2D eigenvalue weighted by atomic mass is 79.9. The Morgan fingerprint density at radius 1 is 0.714 bits per heavy atom. The maximum Gasteiger partial charge on any atom is 0.337 e. The largest absolute Gasteiger partial charge is 0.497 e. The first-order valence-corrected chi connectivity index (χ1v) is 12.8. The van der Waals surface area contributed by atoms with Gasteiger partial charge in [-0.25, -0.2) is 9.59 Å². The third-order valence-corrected chi connectivity index (χ3v) is 6.56. The van der Waals surface area contributed by atoms with E-state index in [9.17, 15) is 9.59 Å². The summed E-state index contributed by atoms with van der Waals surface area (Å²) in [5, 5.41) is 0. The normalized spacial score (nSPS) is 9.43. The molecule has 0 N–H and O–H groups in total. The summed E-state index contributed by atoms with van der Waals surface area (Å²) < 4.78 is 17.0. The summed E-state index contributed by atoms with van der Waals surface area (Å²) in [5.41, 5.74) is 2.27. The molecule has 3 rings (SSSR count). The zero-order valence-electron chi connectivity index (χ0n) is 18.1. The molecule has 0 amide bonds. The van der Waals surface area contributed by atoms with Crippen molar-refractivity contribution < 1.29 is 23.8 Å². The Labute approximate surface area is 237 Å². The van der Waals surface area contributed by atoms with Crippen molar-refractivity contribution in [2.75, 3.05) is 21.3 Å². The Hall–Kier alpha value is -1.81. The van der Waals surface area contributed by atoms with Gasteiger partial charge in [0.25, 0.3) is 0 Å². The van der Waals surface area contributed by atoms with Gasteiger partial charge in [0.2, 0.25) is 0 Å². The Balaban J connectivity index is 0.000000712. The van der Waals surface area contributed by atoms with Gasteiger partial charge in [-0.15, -0.1) is 11.8 Å². The van der Waals surface area contributed by atoms with E-state index in [1.165, 1.54) is 19.8 Å². The molecule has 190 valence electrons. The van der Waals surface area contributed by atoms with Gasteiger partial charge < -0.3 is 14.2 Å². The fraction of sp³-hybridized carbons (Fsp3) is 0.231. The number of methoxy groups -OCH3 is 3. The van der Waals surface area contributed by atoms with E-state index in [1.54, 1.807) is 37.1 Å². The van der Waals surface area contributed by atoms with Crippen LogP contribution in [0.15, 0.2) is 79.0 Å². The summed E-state index contributed by atoms with van der Waals surface area (Å²) in [5.74, 6) is 1.000. The highest BCUT2D eigenvalue weighted by molar-refractivity contribution is 9.11. The van der Waals surface area contributed by atoms with E-state index in [0.29, 0.717) is 11.1 Å². The van der Waals surface area contributed by atoms with Crippen LogP contribution in [0.4, 0.5) is 0 Å². The molecule has 0 fully saturated rings. The fourth-order valence-electron chi connectivity index (χ4n) is 2.56. The Morgan fingerprint density at radius 2 is 1.17 bits per heavy atom. The molecule has 0 heterocycles. The Bertz CT molecular complexity index is 1080. The van der Waals surface area contributed by atoms with Crippen LogP contribution in [-0.4, -0.2) is 33.3 Å². The van der Waals surface area contributed by atoms with Crippen LogP contribution in [0.1, 0.15) is 41.1 Å². The average Bonchev–Trinajstić information content (AvgIpc) is 2.81. The van der Waals surface area contributed by atoms with E-state index in [-0.39, 0.29) is 26.8 Å². The first-order valence-electron chi connectivity index (χ1n) is 9.44. The SMILES string of the molecule is C.C.COC(=O)c1cc(Br)cc(Br)c1.COC(=O)c1cc(Br)cc(SCc2ccc(OC)cc2)c1. The van der Waals surface area contributed by atoms with Crippen molar-refractivity contribution in [3.63, 3.8) is 0 Å². The predicted molar refractivity (Wildman–Crippen MR) is 155 cm³/mol. The topological polar surface area (TPSA) is 61.8 Å². The number of thioether (sulfide) groups is 1. The van der Waals surface area contributed by atoms with E-state index >= 15 is 0 Å². The van der Waals surface area contributed by atoms with Crippen molar-refractivity contribution in [1.82, 2.24) is 0 Å². The zero-order valence-corrected chi connectivity index (χ0v) is 23.6. The van der Waals surface area contributed by atoms with Gasteiger partial charge in [-0.3, -0.25) is 0 Å².